The molecule has 1 aliphatic rings. The van der Waals surface area contributed by atoms with Gasteiger partial charge < -0.3 is 5.32 Å². The Morgan fingerprint density at radius 3 is 2.95 bits per heavy atom. The van der Waals surface area contributed by atoms with Crippen LogP contribution in [0.15, 0.2) is 36.9 Å². The van der Waals surface area contributed by atoms with Gasteiger partial charge in [0.1, 0.15) is 0 Å². The molecule has 0 bridgehead atoms. The highest BCUT2D eigenvalue weighted by atomic mass is 16.1. The predicted molar refractivity (Wildman–Crippen MR) is 82.6 cm³/mol. The maximum atomic E-state index is 12.2. The molecular formula is C16H19N5O. The van der Waals surface area contributed by atoms with Crippen LogP contribution in [0, 0.1) is 5.92 Å². The summed E-state index contributed by atoms with van der Waals surface area (Å²) in [6.45, 7) is 0.386. The number of amides is 1. The van der Waals surface area contributed by atoms with Crippen LogP contribution in [-0.2, 0) is 18.4 Å². The van der Waals surface area contributed by atoms with Gasteiger partial charge in [0.25, 0.3) is 0 Å². The molecule has 2 heterocycles. The summed E-state index contributed by atoms with van der Waals surface area (Å²) in [7, 11) is 1.86. The Morgan fingerprint density at radius 1 is 1.36 bits per heavy atom. The number of allylic oxidation sites excluding steroid dienone is 2. The minimum Gasteiger partial charge on any atom is -0.350 e. The van der Waals surface area contributed by atoms with Crippen molar-refractivity contribution in [2.75, 3.05) is 0 Å². The molecule has 2 aromatic heterocycles. The summed E-state index contributed by atoms with van der Waals surface area (Å²) in [5.41, 5.74) is 2.43. The van der Waals surface area contributed by atoms with Gasteiger partial charge in [-0.25, -0.2) is 0 Å². The van der Waals surface area contributed by atoms with Crippen molar-refractivity contribution in [1.29, 1.82) is 0 Å². The van der Waals surface area contributed by atoms with Crippen molar-refractivity contribution in [3.8, 4) is 11.3 Å². The molecule has 0 fully saturated rings. The Hall–Kier alpha value is -2.50. The number of hydrogen-bond acceptors (Lipinski definition) is 4. The average molecular weight is 297 g/mol. The number of carbonyl (C=O) groups is 1. The lowest BCUT2D eigenvalue weighted by molar-refractivity contribution is -0.125. The molecule has 1 atom stereocenters. The Labute approximate surface area is 129 Å². The lowest BCUT2D eigenvalue weighted by atomic mass is 9.93. The number of hydrogen-bond donors (Lipinski definition) is 1. The summed E-state index contributed by atoms with van der Waals surface area (Å²) in [5.74, 6) is 0.163. The standard InChI is InChI=1S/C16H19N5O/c1-21-11-13(9-20-21)15-14(17-7-8-18-15)10-19-16(22)12-5-3-2-4-6-12/h2-3,7-9,11-12H,4-6,10H2,1H3,(H,19,22)/t12-/m0/s1. The van der Waals surface area contributed by atoms with Crippen LogP contribution in [0.5, 0.6) is 0 Å². The van der Waals surface area contributed by atoms with E-state index >= 15 is 0 Å². The van der Waals surface area contributed by atoms with Crippen LogP contribution in [0.25, 0.3) is 11.3 Å². The summed E-state index contributed by atoms with van der Waals surface area (Å²) in [5, 5.41) is 7.14. The molecule has 0 aromatic carbocycles. The fourth-order valence-electron chi connectivity index (χ4n) is 2.63. The fourth-order valence-corrected chi connectivity index (χ4v) is 2.63. The van der Waals surface area contributed by atoms with E-state index in [1.807, 2.05) is 13.2 Å². The third-order valence-corrected chi connectivity index (χ3v) is 3.82. The number of aryl methyl sites for hydroxylation is 1. The van der Waals surface area contributed by atoms with Crippen molar-refractivity contribution < 1.29 is 4.79 Å². The van der Waals surface area contributed by atoms with E-state index in [-0.39, 0.29) is 11.8 Å². The molecule has 6 heteroatoms. The highest BCUT2D eigenvalue weighted by Crippen LogP contribution is 2.20. The molecule has 0 radical (unpaired) electrons. The first kappa shape index (κ1) is 14.4. The minimum absolute atomic E-state index is 0.0727. The molecule has 0 saturated carbocycles. The minimum atomic E-state index is 0.0727. The lowest BCUT2D eigenvalue weighted by Crippen LogP contribution is -2.31. The monoisotopic (exact) mass is 297 g/mol. The van der Waals surface area contributed by atoms with E-state index in [0.29, 0.717) is 6.54 Å². The van der Waals surface area contributed by atoms with Gasteiger partial charge in [0.05, 0.1) is 24.1 Å². The van der Waals surface area contributed by atoms with E-state index in [2.05, 4.69) is 32.5 Å². The molecule has 3 rings (SSSR count). The molecule has 0 unspecified atom stereocenters. The maximum absolute atomic E-state index is 12.2. The van der Waals surface area contributed by atoms with Gasteiger partial charge in [-0.2, -0.15) is 5.10 Å². The van der Waals surface area contributed by atoms with Crippen LogP contribution in [-0.4, -0.2) is 25.7 Å². The third-order valence-electron chi connectivity index (χ3n) is 3.82. The molecule has 1 aliphatic carbocycles. The highest BCUT2D eigenvalue weighted by Gasteiger charge is 2.19. The van der Waals surface area contributed by atoms with Crippen LogP contribution in [0.1, 0.15) is 25.0 Å². The molecule has 0 saturated heterocycles. The molecule has 0 spiro atoms. The van der Waals surface area contributed by atoms with Crippen LogP contribution < -0.4 is 5.32 Å². The quantitative estimate of drug-likeness (QED) is 0.874. The van der Waals surface area contributed by atoms with Gasteiger partial charge in [-0.15, -0.1) is 0 Å². The number of nitrogens with one attached hydrogen (secondary N) is 1. The summed E-state index contributed by atoms with van der Waals surface area (Å²) in [4.78, 5) is 20.9. The van der Waals surface area contributed by atoms with Crippen LogP contribution in [0.2, 0.25) is 0 Å². The molecule has 0 aliphatic heterocycles. The topological polar surface area (TPSA) is 72.7 Å². The third kappa shape index (κ3) is 3.21. The lowest BCUT2D eigenvalue weighted by Gasteiger charge is -2.17. The van der Waals surface area contributed by atoms with Crippen LogP contribution in [0.3, 0.4) is 0 Å². The Bertz CT molecular complexity index is 691. The second-order valence-electron chi connectivity index (χ2n) is 5.45. The van der Waals surface area contributed by atoms with E-state index in [1.165, 1.54) is 0 Å². The molecular weight excluding hydrogens is 278 g/mol. The molecule has 2 aromatic rings. The Morgan fingerprint density at radius 2 is 2.23 bits per heavy atom. The van der Waals surface area contributed by atoms with Crippen molar-refractivity contribution in [3.63, 3.8) is 0 Å². The van der Waals surface area contributed by atoms with Gasteiger partial charge in [0.15, 0.2) is 0 Å². The first-order chi connectivity index (χ1) is 10.7. The van der Waals surface area contributed by atoms with Gasteiger partial charge in [-0.05, 0) is 19.3 Å². The number of nitrogens with zero attached hydrogens (tertiary/aromatic N) is 4. The normalized spacial score (nSPS) is 17.4. The molecule has 1 N–H and O–H groups in total. The van der Waals surface area contributed by atoms with Crippen molar-refractivity contribution in [2.24, 2.45) is 13.0 Å². The van der Waals surface area contributed by atoms with E-state index in [1.54, 1.807) is 23.3 Å². The van der Waals surface area contributed by atoms with Gasteiger partial charge in [-0.1, -0.05) is 12.2 Å². The molecule has 6 nitrogen and oxygen atoms in total. The Balaban J connectivity index is 1.70. The van der Waals surface area contributed by atoms with Crippen molar-refractivity contribution in [1.82, 2.24) is 25.1 Å². The fraction of sp³-hybridized carbons (Fsp3) is 0.375. The first-order valence-corrected chi connectivity index (χ1v) is 7.45. The molecule has 1 amide bonds. The summed E-state index contributed by atoms with van der Waals surface area (Å²) in [6.07, 6.45) is 13.9. The maximum Gasteiger partial charge on any atom is 0.223 e. The first-order valence-electron chi connectivity index (χ1n) is 7.45. The highest BCUT2D eigenvalue weighted by molar-refractivity contribution is 5.79. The van der Waals surface area contributed by atoms with E-state index < -0.39 is 0 Å². The largest absolute Gasteiger partial charge is 0.350 e. The van der Waals surface area contributed by atoms with Gasteiger partial charge in [0, 0.05) is 37.1 Å². The van der Waals surface area contributed by atoms with Gasteiger partial charge in [-0.3, -0.25) is 19.4 Å². The van der Waals surface area contributed by atoms with Crippen LogP contribution in [0.4, 0.5) is 0 Å². The number of aromatic nitrogens is 4. The molecule has 114 valence electrons. The zero-order chi connectivity index (χ0) is 15.4. The average Bonchev–Trinajstić information content (AvgIpc) is 3.00. The summed E-state index contributed by atoms with van der Waals surface area (Å²) in [6, 6.07) is 0. The number of carbonyl (C=O) groups excluding carboxylic acids is 1. The van der Waals surface area contributed by atoms with Crippen molar-refractivity contribution in [3.05, 3.63) is 42.6 Å². The van der Waals surface area contributed by atoms with E-state index in [4.69, 9.17) is 0 Å². The SMILES string of the molecule is Cn1cc(-c2nccnc2CNC(=O)[C@H]2CC=CCC2)cn1. The van der Waals surface area contributed by atoms with Crippen LogP contribution >= 0.6 is 0 Å². The smallest absolute Gasteiger partial charge is 0.223 e. The van der Waals surface area contributed by atoms with E-state index in [9.17, 15) is 4.79 Å². The zero-order valence-electron chi connectivity index (χ0n) is 12.6. The second kappa shape index (κ2) is 6.51. The molecule has 22 heavy (non-hydrogen) atoms. The zero-order valence-corrected chi connectivity index (χ0v) is 12.6. The second-order valence-corrected chi connectivity index (χ2v) is 5.45. The predicted octanol–water partition coefficient (Wildman–Crippen LogP) is 1.85. The van der Waals surface area contributed by atoms with Gasteiger partial charge >= 0.3 is 0 Å². The Kier molecular flexibility index (Phi) is 4.27. The summed E-state index contributed by atoms with van der Waals surface area (Å²) >= 11 is 0. The van der Waals surface area contributed by atoms with Crippen molar-refractivity contribution in [2.45, 2.75) is 25.8 Å². The van der Waals surface area contributed by atoms with E-state index in [0.717, 1.165) is 36.2 Å². The number of rotatable bonds is 4. The summed E-state index contributed by atoms with van der Waals surface area (Å²) < 4.78 is 1.72. The van der Waals surface area contributed by atoms with Gasteiger partial charge in [0.2, 0.25) is 5.91 Å². The van der Waals surface area contributed by atoms with Crippen molar-refractivity contribution >= 4 is 5.91 Å².